The topological polar surface area (TPSA) is 35.0 Å². The van der Waals surface area contributed by atoms with Crippen LogP contribution >= 0.6 is 0 Å². The van der Waals surface area contributed by atoms with Crippen LogP contribution in [-0.4, -0.2) is 38.9 Å². The van der Waals surface area contributed by atoms with Crippen LogP contribution in [0.25, 0.3) is 0 Å². The van der Waals surface area contributed by atoms with Crippen molar-refractivity contribution in [2.24, 2.45) is 0 Å². The van der Waals surface area contributed by atoms with E-state index in [0.29, 0.717) is 0 Å². The molecule has 0 aliphatic carbocycles. The van der Waals surface area contributed by atoms with Gasteiger partial charge in [-0.3, -0.25) is 0 Å². The second kappa shape index (κ2) is 22.4. The zero-order chi connectivity index (χ0) is 21.7. The lowest BCUT2D eigenvalue weighted by molar-refractivity contribution is -0.890. The Morgan fingerprint density at radius 3 is 0.931 bits per heavy atom. The normalized spacial score (nSPS) is 11.6. The molecule has 3 N–H and O–H groups in total. The molecular weight excluding hydrogens is 379 g/mol. The molecule has 0 saturated heterocycles. The van der Waals surface area contributed by atoms with Crippen molar-refractivity contribution in [1.82, 2.24) is 6.15 Å². The Bertz CT molecular complexity index is 286. The van der Waals surface area contributed by atoms with Gasteiger partial charge in [-0.15, -0.1) is 0 Å². The molecule has 29 heavy (non-hydrogen) atoms. The zero-order valence-corrected chi connectivity index (χ0v) is 20.0. The van der Waals surface area contributed by atoms with E-state index in [1.165, 1.54) is 120 Å². The molecule has 0 heterocycles. The summed E-state index contributed by atoms with van der Waals surface area (Å²) in [5.41, 5.74) is 0. The van der Waals surface area contributed by atoms with E-state index in [0.717, 1.165) is 0 Å². The van der Waals surface area contributed by atoms with Crippen LogP contribution in [0.4, 0.5) is 17.3 Å². The first-order valence-electron chi connectivity index (χ1n) is 11.8. The summed E-state index contributed by atoms with van der Waals surface area (Å²) >= 11 is 0. The monoisotopic (exact) mass is 430 g/mol. The average Bonchev–Trinajstić information content (AvgIpc) is 2.58. The maximum absolute atomic E-state index is 9.75. The van der Waals surface area contributed by atoms with Crippen LogP contribution in [0.3, 0.4) is 0 Å². The van der Waals surface area contributed by atoms with E-state index in [-0.39, 0.29) is 6.15 Å². The van der Waals surface area contributed by atoms with Crippen molar-refractivity contribution >= 4 is 7.25 Å². The minimum Gasteiger partial charge on any atom is -0.418 e. The van der Waals surface area contributed by atoms with Crippen molar-refractivity contribution in [2.75, 3.05) is 27.2 Å². The third kappa shape index (κ3) is 38.9. The molecule has 0 spiro atoms. The Hall–Kier alpha value is -0.295. The van der Waals surface area contributed by atoms with Crippen molar-refractivity contribution in [2.45, 2.75) is 117 Å². The lowest BCUT2D eigenvalue weighted by atomic mass is 10.1. The zero-order valence-electron chi connectivity index (χ0n) is 20.0. The fourth-order valence-corrected chi connectivity index (χ4v) is 3.46. The molecule has 0 fully saturated rings. The van der Waals surface area contributed by atoms with E-state index in [1.807, 2.05) is 0 Å². The number of rotatable bonds is 18. The third-order valence-electron chi connectivity index (χ3n) is 5.23. The smallest absolute Gasteiger partial charge is 0.418 e. The Morgan fingerprint density at radius 2 is 0.690 bits per heavy atom. The Labute approximate surface area is 179 Å². The molecule has 0 bridgehead atoms. The molecular formula is C22H51BF4N2. The summed E-state index contributed by atoms with van der Waals surface area (Å²) < 4.78 is 40.2. The number of hydrogen-bond acceptors (Lipinski definition) is 1. The van der Waals surface area contributed by atoms with Gasteiger partial charge in [0.25, 0.3) is 0 Å². The highest BCUT2D eigenvalue weighted by Crippen LogP contribution is 2.13. The molecule has 0 saturated carbocycles. The molecule has 0 aromatic rings. The molecule has 7 heteroatoms. The van der Waals surface area contributed by atoms with Gasteiger partial charge in [0, 0.05) is 0 Å². The summed E-state index contributed by atoms with van der Waals surface area (Å²) in [7, 11) is -1.13. The molecule has 0 amide bonds. The minimum atomic E-state index is -6.00. The van der Waals surface area contributed by atoms with Crippen LogP contribution in [0.1, 0.15) is 117 Å². The Kier molecular flexibility index (Phi) is 25.7. The molecule has 2 nitrogen and oxygen atoms in total. The predicted molar refractivity (Wildman–Crippen MR) is 122 cm³/mol. The largest absolute Gasteiger partial charge is 0.673 e. The average molecular weight is 430 g/mol. The van der Waals surface area contributed by atoms with E-state index in [9.17, 15) is 17.3 Å². The molecule has 0 aromatic heterocycles. The number of halogens is 4. The number of quaternary nitrogens is 1. The van der Waals surface area contributed by atoms with Gasteiger partial charge in [0.2, 0.25) is 0 Å². The standard InChI is InChI=1S/C22H48N.BF4.H3N/c1-5-7-9-11-13-15-17-19-21-23(3,4)22-20-18-16-14-12-10-8-6-2;2-1(3,4)5;/h5-22H2,1-4H3;;1H3/q+1;-1;. The van der Waals surface area contributed by atoms with E-state index in [2.05, 4.69) is 27.9 Å². The van der Waals surface area contributed by atoms with Gasteiger partial charge in [-0.05, 0) is 25.7 Å². The van der Waals surface area contributed by atoms with Crippen molar-refractivity contribution in [1.29, 1.82) is 0 Å². The fourth-order valence-electron chi connectivity index (χ4n) is 3.46. The summed E-state index contributed by atoms with van der Waals surface area (Å²) in [5.74, 6) is 0. The highest BCUT2D eigenvalue weighted by molar-refractivity contribution is 6.50. The summed E-state index contributed by atoms with van der Waals surface area (Å²) in [6.45, 7) is 7.36. The third-order valence-corrected chi connectivity index (χ3v) is 5.23. The van der Waals surface area contributed by atoms with Crippen LogP contribution in [0.2, 0.25) is 0 Å². The van der Waals surface area contributed by atoms with Gasteiger partial charge >= 0.3 is 7.25 Å². The first-order chi connectivity index (χ1) is 13.1. The van der Waals surface area contributed by atoms with Crippen LogP contribution in [0, 0.1) is 0 Å². The molecule has 180 valence electrons. The van der Waals surface area contributed by atoms with Crippen LogP contribution in [-0.2, 0) is 0 Å². The SMILES string of the molecule is CCCCCCCCCC[N+](C)(C)CCCCCCCCCC.F[B-](F)(F)F.N. The fraction of sp³-hybridized carbons (Fsp3) is 1.00. The summed E-state index contributed by atoms with van der Waals surface area (Å²) in [6.07, 6.45) is 23.0. The molecule has 0 aliphatic rings. The van der Waals surface area contributed by atoms with Crippen LogP contribution < -0.4 is 6.15 Å². The molecule has 0 atom stereocenters. The predicted octanol–water partition coefficient (Wildman–Crippen LogP) is 8.81. The number of unbranched alkanes of at least 4 members (excludes halogenated alkanes) is 14. The van der Waals surface area contributed by atoms with Crippen LogP contribution in [0.15, 0.2) is 0 Å². The Morgan fingerprint density at radius 1 is 0.483 bits per heavy atom. The van der Waals surface area contributed by atoms with E-state index in [4.69, 9.17) is 0 Å². The quantitative estimate of drug-likeness (QED) is 0.100. The van der Waals surface area contributed by atoms with Crippen molar-refractivity contribution in [3.05, 3.63) is 0 Å². The molecule has 0 rings (SSSR count). The van der Waals surface area contributed by atoms with Gasteiger partial charge in [0.05, 0.1) is 27.2 Å². The first-order valence-corrected chi connectivity index (χ1v) is 11.8. The van der Waals surface area contributed by atoms with Crippen molar-refractivity contribution in [3.8, 4) is 0 Å². The van der Waals surface area contributed by atoms with E-state index < -0.39 is 7.25 Å². The van der Waals surface area contributed by atoms with Crippen LogP contribution in [0.5, 0.6) is 0 Å². The van der Waals surface area contributed by atoms with E-state index in [1.54, 1.807) is 0 Å². The van der Waals surface area contributed by atoms with Crippen molar-refractivity contribution < 1.29 is 21.7 Å². The van der Waals surface area contributed by atoms with Gasteiger partial charge in [-0.25, -0.2) is 0 Å². The number of nitrogens with zero attached hydrogens (tertiary/aromatic N) is 1. The van der Waals surface area contributed by atoms with Gasteiger partial charge in [0.15, 0.2) is 0 Å². The highest BCUT2D eigenvalue weighted by atomic mass is 19.5. The molecule has 0 aromatic carbocycles. The summed E-state index contributed by atoms with van der Waals surface area (Å²) in [5, 5.41) is 0. The van der Waals surface area contributed by atoms with Gasteiger partial charge in [-0.1, -0.05) is 90.9 Å². The first kappa shape index (κ1) is 33.3. The minimum absolute atomic E-state index is 0. The molecule has 0 radical (unpaired) electrons. The molecule has 0 unspecified atom stereocenters. The maximum atomic E-state index is 9.75. The van der Waals surface area contributed by atoms with Gasteiger partial charge in [-0.2, -0.15) is 0 Å². The van der Waals surface area contributed by atoms with Gasteiger partial charge < -0.3 is 27.9 Å². The lowest BCUT2D eigenvalue weighted by Gasteiger charge is -2.30. The summed E-state index contributed by atoms with van der Waals surface area (Å²) in [4.78, 5) is 0. The second-order valence-electron chi connectivity index (χ2n) is 8.83. The number of hydrogen-bond donors (Lipinski definition) is 1. The highest BCUT2D eigenvalue weighted by Gasteiger charge is 2.20. The van der Waals surface area contributed by atoms with E-state index >= 15 is 0 Å². The van der Waals surface area contributed by atoms with Gasteiger partial charge in [0.1, 0.15) is 0 Å². The molecule has 0 aliphatic heterocycles. The second-order valence-corrected chi connectivity index (χ2v) is 8.83. The Balaban J connectivity index is -0.000000997. The van der Waals surface area contributed by atoms with Crippen molar-refractivity contribution in [3.63, 3.8) is 0 Å². The lowest BCUT2D eigenvalue weighted by Crippen LogP contribution is -2.41. The summed E-state index contributed by atoms with van der Waals surface area (Å²) in [6, 6.07) is 0. The maximum Gasteiger partial charge on any atom is 0.673 e.